The lowest BCUT2D eigenvalue weighted by molar-refractivity contribution is 0.0922. The first-order valence-corrected chi connectivity index (χ1v) is 6.56. The fourth-order valence-corrected chi connectivity index (χ4v) is 2.22. The molecular weight excluding hydrogens is 238 g/mol. The molecule has 0 fully saturated rings. The number of methoxy groups -OCH3 is 1. The average Bonchev–Trinajstić information content (AvgIpc) is 2.39. The zero-order chi connectivity index (χ0) is 13.8. The van der Waals surface area contributed by atoms with Gasteiger partial charge >= 0.3 is 0 Å². The molecule has 0 aliphatic heterocycles. The van der Waals surface area contributed by atoms with Gasteiger partial charge in [-0.05, 0) is 19.2 Å². The summed E-state index contributed by atoms with van der Waals surface area (Å²) in [5.41, 5.74) is 7.07. The smallest absolute Gasteiger partial charge is 0.132 e. The summed E-state index contributed by atoms with van der Waals surface area (Å²) in [5.74, 6) is 0.873. The van der Waals surface area contributed by atoms with Crippen molar-refractivity contribution >= 4 is 10.8 Å². The van der Waals surface area contributed by atoms with Crippen LogP contribution in [-0.4, -0.2) is 19.8 Å². The van der Waals surface area contributed by atoms with Crippen LogP contribution in [0.2, 0.25) is 0 Å². The van der Waals surface area contributed by atoms with E-state index in [1.165, 1.54) is 0 Å². The number of ether oxygens (including phenoxy) is 2. The number of hydrogen-bond acceptors (Lipinski definition) is 3. The lowest BCUT2D eigenvalue weighted by Gasteiger charge is -2.20. The summed E-state index contributed by atoms with van der Waals surface area (Å²) in [5, 5.41) is 2.26. The van der Waals surface area contributed by atoms with Gasteiger partial charge < -0.3 is 15.2 Å². The molecule has 3 nitrogen and oxygen atoms in total. The van der Waals surface area contributed by atoms with Crippen LogP contribution in [0.25, 0.3) is 10.8 Å². The molecule has 0 saturated carbocycles. The molecule has 0 bridgehead atoms. The van der Waals surface area contributed by atoms with Crippen molar-refractivity contribution in [2.75, 3.05) is 13.7 Å². The van der Waals surface area contributed by atoms with Crippen molar-refractivity contribution in [1.29, 1.82) is 0 Å². The van der Waals surface area contributed by atoms with E-state index in [0.717, 1.165) is 22.1 Å². The zero-order valence-corrected chi connectivity index (χ0v) is 11.7. The highest BCUT2D eigenvalue weighted by atomic mass is 16.5. The molecule has 0 aliphatic rings. The van der Waals surface area contributed by atoms with Crippen molar-refractivity contribution in [2.45, 2.75) is 26.0 Å². The van der Waals surface area contributed by atoms with Gasteiger partial charge in [0.25, 0.3) is 0 Å². The Kier molecular flexibility index (Phi) is 4.40. The van der Waals surface area contributed by atoms with E-state index in [1.807, 2.05) is 32.0 Å². The third kappa shape index (κ3) is 3.06. The van der Waals surface area contributed by atoms with Gasteiger partial charge in [-0.1, -0.05) is 36.4 Å². The Bertz CT molecular complexity index is 551. The van der Waals surface area contributed by atoms with Gasteiger partial charge in [0.05, 0.1) is 6.61 Å². The van der Waals surface area contributed by atoms with Crippen LogP contribution >= 0.6 is 0 Å². The molecule has 2 rings (SSSR count). The number of benzene rings is 2. The highest BCUT2D eigenvalue weighted by Crippen LogP contribution is 2.33. The molecule has 2 aromatic rings. The third-order valence-electron chi connectivity index (χ3n) is 3.12. The molecule has 0 amide bonds. The van der Waals surface area contributed by atoms with Crippen molar-refractivity contribution in [3.8, 4) is 5.75 Å². The normalized spacial score (nSPS) is 14.3. The van der Waals surface area contributed by atoms with E-state index in [0.29, 0.717) is 6.61 Å². The Morgan fingerprint density at radius 3 is 2.53 bits per heavy atom. The quantitative estimate of drug-likeness (QED) is 0.896. The second-order valence-electron chi connectivity index (χ2n) is 4.88. The first kappa shape index (κ1) is 13.8. The molecule has 102 valence electrons. The van der Waals surface area contributed by atoms with E-state index in [4.69, 9.17) is 15.2 Å². The number of hydrogen-bond donors (Lipinski definition) is 1. The van der Waals surface area contributed by atoms with E-state index in [9.17, 15) is 0 Å². The molecule has 19 heavy (non-hydrogen) atoms. The Hall–Kier alpha value is -1.58. The number of rotatable bonds is 5. The molecule has 0 saturated heterocycles. The van der Waals surface area contributed by atoms with E-state index in [-0.39, 0.29) is 12.1 Å². The first-order valence-electron chi connectivity index (χ1n) is 6.56. The number of fused-ring (bicyclic) bond motifs is 1. The highest BCUT2D eigenvalue weighted by Gasteiger charge is 2.14. The van der Waals surface area contributed by atoms with E-state index in [1.54, 1.807) is 7.11 Å². The average molecular weight is 259 g/mol. The molecule has 3 heteroatoms. The SMILES string of the molecule is COCC(C)Oc1c([C@@H](C)N)ccc2ccccc12. The minimum absolute atomic E-state index is 0.00620. The summed E-state index contributed by atoms with van der Waals surface area (Å²) in [6, 6.07) is 12.3. The van der Waals surface area contributed by atoms with Crippen LogP contribution in [0.4, 0.5) is 0 Å². The summed E-state index contributed by atoms with van der Waals surface area (Å²) in [7, 11) is 1.68. The monoisotopic (exact) mass is 259 g/mol. The van der Waals surface area contributed by atoms with Crippen LogP contribution in [0.3, 0.4) is 0 Å². The van der Waals surface area contributed by atoms with Crippen LogP contribution < -0.4 is 10.5 Å². The lowest BCUT2D eigenvalue weighted by atomic mass is 10.0. The fourth-order valence-electron chi connectivity index (χ4n) is 2.22. The molecule has 0 aliphatic carbocycles. The van der Waals surface area contributed by atoms with E-state index in [2.05, 4.69) is 18.2 Å². The maximum Gasteiger partial charge on any atom is 0.132 e. The first-order chi connectivity index (χ1) is 9.13. The summed E-state index contributed by atoms with van der Waals surface area (Å²) < 4.78 is 11.2. The minimum atomic E-state index is -0.0608. The molecule has 2 N–H and O–H groups in total. The van der Waals surface area contributed by atoms with Gasteiger partial charge in [-0.3, -0.25) is 0 Å². The van der Waals surface area contributed by atoms with Gasteiger partial charge in [-0.2, -0.15) is 0 Å². The molecule has 0 aromatic heterocycles. The predicted octanol–water partition coefficient (Wildman–Crippen LogP) is 3.27. The van der Waals surface area contributed by atoms with Crippen molar-refractivity contribution < 1.29 is 9.47 Å². The molecule has 0 radical (unpaired) electrons. The topological polar surface area (TPSA) is 44.5 Å². The van der Waals surface area contributed by atoms with Gasteiger partial charge in [-0.25, -0.2) is 0 Å². The van der Waals surface area contributed by atoms with Gasteiger partial charge in [0.15, 0.2) is 0 Å². The molecule has 0 heterocycles. The van der Waals surface area contributed by atoms with Crippen molar-refractivity contribution in [1.82, 2.24) is 0 Å². The second kappa shape index (κ2) is 6.04. The zero-order valence-electron chi connectivity index (χ0n) is 11.7. The van der Waals surface area contributed by atoms with Gasteiger partial charge in [-0.15, -0.1) is 0 Å². The largest absolute Gasteiger partial charge is 0.487 e. The Morgan fingerprint density at radius 1 is 1.11 bits per heavy atom. The van der Waals surface area contributed by atoms with Crippen molar-refractivity contribution in [3.05, 3.63) is 42.0 Å². The Balaban J connectivity index is 2.49. The minimum Gasteiger partial charge on any atom is -0.487 e. The van der Waals surface area contributed by atoms with Crippen molar-refractivity contribution in [3.63, 3.8) is 0 Å². The summed E-state index contributed by atoms with van der Waals surface area (Å²) in [6.45, 7) is 4.52. The molecule has 2 atom stereocenters. The fraction of sp³-hybridized carbons (Fsp3) is 0.375. The van der Waals surface area contributed by atoms with Crippen LogP contribution in [0.5, 0.6) is 5.75 Å². The second-order valence-corrected chi connectivity index (χ2v) is 4.88. The van der Waals surface area contributed by atoms with Crippen LogP contribution in [0.1, 0.15) is 25.5 Å². The third-order valence-corrected chi connectivity index (χ3v) is 3.12. The maximum absolute atomic E-state index is 6.06. The van der Waals surface area contributed by atoms with E-state index >= 15 is 0 Å². The van der Waals surface area contributed by atoms with Crippen LogP contribution in [0, 0.1) is 0 Å². The summed E-state index contributed by atoms with van der Waals surface area (Å²) >= 11 is 0. The summed E-state index contributed by atoms with van der Waals surface area (Å²) in [4.78, 5) is 0. The lowest BCUT2D eigenvalue weighted by Crippen LogP contribution is -2.20. The Labute approximate surface area is 114 Å². The van der Waals surface area contributed by atoms with Crippen LogP contribution in [-0.2, 0) is 4.74 Å². The van der Waals surface area contributed by atoms with E-state index < -0.39 is 0 Å². The standard InChI is InChI=1S/C16H21NO2/c1-11(10-18-3)19-16-14(12(2)17)9-8-13-6-4-5-7-15(13)16/h4-9,11-12H,10,17H2,1-3H3/t11?,12-/m1/s1. The maximum atomic E-state index is 6.06. The Morgan fingerprint density at radius 2 is 1.84 bits per heavy atom. The predicted molar refractivity (Wildman–Crippen MR) is 78.5 cm³/mol. The molecule has 2 aromatic carbocycles. The number of nitrogens with two attached hydrogens (primary N) is 1. The molecule has 0 spiro atoms. The molecular formula is C16H21NO2. The van der Waals surface area contributed by atoms with Gasteiger partial charge in [0, 0.05) is 24.1 Å². The van der Waals surface area contributed by atoms with Crippen LogP contribution in [0.15, 0.2) is 36.4 Å². The summed E-state index contributed by atoms with van der Waals surface area (Å²) in [6.07, 6.45) is -0.00620. The van der Waals surface area contributed by atoms with Crippen molar-refractivity contribution in [2.24, 2.45) is 5.73 Å². The van der Waals surface area contributed by atoms with Gasteiger partial charge in [0.2, 0.25) is 0 Å². The highest BCUT2D eigenvalue weighted by molar-refractivity contribution is 5.89. The molecule has 1 unspecified atom stereocenters. The van der Waals surface area contributed by atoms with Gasteiger partial charge in [0.1, 0.15) is 11.9 Å².